The van der Waals surface area contributed by atoms with Gasteiger partial charge in [-0.15, -0.1) is 0 Å². The Bertz CT molecular complexity index is 440. The molecule has 19 heavy (non-hydrogen) atoms. The molecule has 1 saturated heterocycles. The first-order chi connectivity index (χ1) is 9.13. The molecule has 1 N–H and O–H groups in total. The van der Waals surface area contributed by atoms with Crippen molar-refractivity contribution in [1.82, 2.24) is 10.2 Å². The summed E-state index contributed by atoms with van der Waals surface area (Å²) in [6, 6.07) is 7.86. The molecule has 1 aliphatic rings. The van der Waals surface area contributed by atoms with Crippen LogP contribution < -0.4 is 10.1 Å². The monoisotopic (exact) mass is 262 g/mol. The fourth-order valence-electron chi connectivity index (χ4n) is 2.60. The van der Waals surface area contributed by atoms with Gasteiger partial charge in [-0.2, -0.15) is 0 Å². The molecule has 1 unspecified atom stereocenters. The van der Waals surface area contributed by atoms with E-state index in [1.807, 2.05) is 23.1 Å². The minimum Gasteiger partial charge on any atom is -0.497 e. The van der Waals surface area contributed by atoms with E-state index in [1.54, 1.807) is 13.2 Å². The maximum Gasteiger partial charge on any atom is 0.254 e. The number of methoxy groups -OCH3 is 1. The summed E-state index contributed by atoms with van der Waals surface area (Å²) in [5.74, 6) is 0.807. The molecule has 0 aliphatic carbocycles. The quantitative estimate of drug-likeness (QED) is 0.901. The number of carbonyl (C=O) groups is 1. The van der Waals surface area contributed by atoms with E-state index in [-0.39, 0.29) is 11.9 Å². The number of ether oxygens (including phenoxy) is 1. The molecule has 1 atom stereocenters. The van der Waals surface area contributed by atoms with E-state index in [0.717, 1.165) is 25.3 Å². The first-order valence-corrected chi connectivity index (χ1v) is 6.81. The molecule has 2 rings (SSSR count). The van der Waals surface area contributed by atoms with Crippen LogP contribution in [0, 0.1) is 0 Å². The standard InChI is InChI=1S/C15H22N2O2/c1-11(2)17(13-7-8-16-10-13)15(18)12-5-4-6-14(9-12)19-3/h4-6,9,11,13,16H,7-8,10H2,1-3H3. The third-order valence-electron chi connectivity index (χ3n) is 3.54. The zero-order valence-electron chi connectivity index (χ0n) is 11.8. The van der Waals surface area contributed by atoms with E-state index < -0.39 is 0 Å². The summed E-state index contributed by atoms with van der Waals surface area (Å²) in [4.78, 5) is 14.7. The van der Waals surface area contributed by atoms with Crippen molar-refractivity contribution in [1.29, 1.82) is 0 Å². The molecule has 4 heteroatoms. The van der Waals surface area contributed by atoms with Gasteiger partial charge in [-0.1, -0.05) is 6.07 Å². The molecule has 0 bridgehead atoms. The molecule has 1 heterocycles. The molecule has 1 aromatic carbocycles. The molecule has 4 nitrogen and oxygen atoms in total. The minimum absolute atomic E-state index is 0.0857. The number of nitrogens with zero attached hydrogens (tertiary/aromatic N) is 1. The zero-order valence-corrected chi connectivity index (χ0v) is 11.8. The molecule has 0 saturated carbocycles. The van der Waals surface area contributed by atoms with E-state index in [1.165, 1.54) is 0 Å². The van der Waals surface area contributed by atoms with E-state index in [9.17, 15) is 4.79 Å². The van der Waals surface area contributed by atoms with Gasteiger partial charge in [0.2, 0.25) is 0 Å². The highest BCUT2D eigenvalue weighted by atomic mass is 16.5. The topological polar surface area (TPSA) is 41.6 Å². The van der Waals surface area contributed by atoms with Gasteiger partial charge in [0.25, 0.3) is 5.91 Å². The number of benzene rings is 1. The number of amides is 1. The first kappa shape index (κ1) is 13.9. The van der Waals surface area contributed by atoms with Crippen LogP contribution in [0.15, 0.2) is 24.3 Å². The van der Waals surface area contributed by atoms with Gasteiger partial charge < -0.3 is 15.0 Å². The predicted octanol–water partition coefficient (Wildman–Crippen LogP) is 1.91. The molecule has 0 aromatic heterocycles. The molecule has 1 aliphatic heterocycles. The van der Waals surface area contributed by atoms with Crippen LogP contribution in [-0.4, -0.2) is 43.1 Å². The second kappa shape index (κ2) is 6.06. The summed E-state index contributed by atoms with van der Waals surface area (Å²) in [5.41, 5.74) is 0.694. The average Bonchev–Trinajstić information content (AvgIpc) is 2.92. The van der Waals surface area contributed by atoms with Gasteiger partial charge in [0.15, 0.2) is 0 Å². The molecule has 1 amide bonds. The highest BCUT2D eigenvalue weighted by molar-refractivity contribution is 5.95. The zero-order chi connectivity index (χ0) is 13.8. The lowest BCUT2D eigenvalue weighted by Crippen LogP contribution is -2.45. The van der Waals surface area contributed by atoms with Crippen LogP contribution in [0.2, 0.25) is 0 Å². The van der Waals surface area contributed by atoms with Crippen molar-refractivity contribution in [2.24, 2.45) is 0 Å². The van der Waals surface area contributed by atoms with Crippen LogP contribution in [0.25, 0.3) is 0 Å². The fourth-order valence-corrected chi connectivity index (χ4v) is 2.60. The van der Waals surface area contributed by atoms with Crippen LogP contribution in [-0.2, 0) is 0 Å². The Labute approximate surface area is 114 Å². The van der Waals surface area contributed by atoms with E-state index in [0.29, 0.717) is 11.6 Å². The summed E-state index contributed by atoms with van der Waals surface area (Å²) in [5, 5.41) is 3.32. The van der Waals surface area contributed by atoms with Crippen molar-refractivity contribution in [2.75, 3.05) is 20.2 Å². The lowest BCUT2D eigenvalue weighted by atomic mass is 10.1. The van der Waals surface area contributed by atoms with Crippen molar-refractivity contribution >= 4 is 5.91 Å². The Hall–Kier alpha value is -1.55. The molecule has 1 aromatic rings. The number of hydrogen-bond donors (Lipinski definition) is 1. The molecular weight excluding hydrogens is 240 g/mol. The first-order valence-electron chi connectivity index (χ1n) is 6.81. The lowest BCUT2D eigenvalue weighted by Gasteiger charge is -2.32. The molecule has 1 fully saturated rings. The van der Waals surface area contributed by atoms with Crippen LogP contribution >= 0.6 is 0 Å². The largest absolute Gasteiger partial charge is 0.497 e. The molecule has 104 valence electrons. The van der Waals surface area contributed by atoms with Crippen LogP contribution in [0.4, 0.5) is 0 Å². The van der Waals surface area contributed by atoms with Gasteiger partial charge in [0.1, 0.15) is 5.75 Å². The third-order valence-corrected chi connectivity index (χ3v) is 3.54. The van der Waals surface area contributed by atoms with Crippen LogP contribution in [0.5, 0.6) is 5.75 Å². The Balaban J connectivity index is 2.22. The van der Waals surface area contributed by atoms with Gasteiger partial charge in [-0.25, -0.2) is 0 Å². The van der Waals surface area contributed by atoms with Crippen LogP contribution in [0.3, 0.4) is 0 Å². The third kappa shape index (κ3) is 3.07. The van der Waals surface area contributed by atoms with Crippen molar-refractivity contribution in [3.05, 3.63) is 29.8 Å². The van der Waals surface area contributed by atoms with Gasteiger partial charge in [-0.05, 0) is 45.0 Å². The normalized spacial score (nSPS) is 18.6. The SMILES string of the molecule is COc1cccc(C(=O)N(C(C)C)C2CCNC2)c1. The molecule has 0 radical (unpaired) electrons. The average molecular weight is 262 g/mol. The molecule has 0 spiro atoms. The number of hydrogen-bond acceptors (Lipinski definition) is 3. The van der Waals surface area contributed by atoms with Crippen molar-refractivity contribution in [3.63, 3.8) is 0 Å². The van der Waals surface area contributed by atoms with E-state index >= 15 is 0 Å². The molecular formula is C15H22N2O2. The summed E-state index contributed by atoms with van der Waals surface area (Å²) in [6.07, 6.45) is 1.02. The van der Waals surface area contributed by atoms with Gasteiger partial charge in [-0.3, -0.25) is 4.79 Å². The van der Waals surface area contributed by atoms with Gasteiger partial charge >= 0.3 is 0 Å². The minimum atomic E-state index is 0.0857. The lowest BCUT2D eigenvalue weighted by molar-refractivity contribution is 0.0626. The maximum absolute atomic E-state index is 12.7. The van der Waals surface area contributed by atoms with Gasteiger partial charge in [0, 0.05) is 24.2 Å². The van der Waals surface area contributed by atoms with Crippen molar-refractivity contribution in [2.45, 2.75) is 32.4 Å². The van der Waals surface area contributed by atoms with Crippen LogP contribution in [0.1, 0.15) is 30.6 Å². The Morgan fingerprint density at radius 2 is 2.26 bits per heavy atom. The number of nitrogens with one attached hydrogen (secondary N) is 1. The summed E-state index contributed by atoms with van der Waals surface area (Å²) < 4.78 is 5.19. The fraction of sp³-hybridized carbons (Fsp3) is 0.533. The van der Waals surface area contributed by atoms with Crippen molar-refractivity contribution in [3.8, 4) is 5.75 Å². The Kier molecular flexibility index (Phi) is 4.43. The number of rotatable bonds is 4. The Morgan fingerprint density at radius 3 is 2.84 bits per heavy atom. The van der Waals surface area contributed by atoms with E-state index in [4.69, 9.17) is 4.74 Å². The second-order valence-electron chi connectivity index (χ2n) is 5.18. The number of carbonyl (C=O) groups excluding carboxylic acids is 1. The second-order valence-corrected chi connectivity index (χ2v) is 5.18. The summed E-state index contributed by atoms with van der Waals surface area (Å²) in [6.45, 7) is 6.00. The predicted molar refractivity (Wildman–Crippen MR) is 75.6 cm³/mol. The maximum atomic E-state index is 12.7. The van der Waals surface area contributed by atoms with Gasteiger partial charge in [0.05, 0.1) is 7.11 Å². The highest BCUT2D eigenvalue weighted by Crippen LogP contribution is 2.19. The highest BCUT2D eigenvalue weighted by Gasteiger charge is 2.29. The summed E-state index contributed by atoms with van der Waals surface area (Å²) in [7, 11) is 1.62. The van der Waals surface area contributed by atoms with Crippen molar-refractivity contribution < 1.29 is 9.53 Å². The summed E-state index contributed by atoms with van der Waals surface area (Å²) >= 11 is 0. The smallest absolute Gasteiger partial charge is 0.254 e. The Morgan fingerprint density at radius 1 is 1.47 bits per heavy atom. The van der Waals surface area contributed by atoms with E-state index in [2.05, 4.69) is 19.2 Å².